The number of aromatic nitrogens is 1. The highest BCUT2D eigenvalue weighted by Gasteiger charge is 2.35. The molecule has 1 aromatic carbocycles. The number of nitrogens with one attached hydrogen (secondary N) is 1. The van der Waals surface area contributed by atoms with Gasteiger partial charge < -0.3 is 15.8 Å². The fraction of sp³-hybridized carbons (Fsp3) is 0.294. The molecule has 0 bridgehead atoms. The fourth-order valence-electron chi connectivity index (χ4n) is 2.58. The Hall–Kier alpha value is -1.79. The van der Waals surface area contributed by atoms with E-state index in [9.17, 15) is 4.79 Å². The van der Waals surface area contributed by atoms with Gasteiger partial charge in [-0.25, -0.2) is 0 Å². The third-order valence-electron chi connectivity index (χ3n) is 4.03. The van der Waals surface area contributed by atoms with Crippen molar-refractivity contribution in [1.29, 1.82) is 0 Å². The van der Waals surface area contributed by atoms with Gasteiger partial charge in [0, 0.05) is 21.8 Å². The molecule has 1 aromatic heterocycles. The Balaban J connectivity index is 1.87. The maximum atomic E-state index is 12.7. The Morgan fingerprint density at radius 3 is 2.88 bits per heavy atom. The number of pyridine rings is 1. The molecule has 0 spiro atoms. The van der Waals surface area contributed by atoms with Gasteiger partial charge in [-0.2, -0.15) is 0 Å². The topological polar surface area (TPSA) is 77.2 Å². The van der Waals surface area contributed by atoms with Crippen LogP contribution in [0.3, 0.4) is 0 Å². The molecule has 5 nitrogen and oxygen atoms in total. The number of hydrogen-bond acceptors (Lipinski definition) is 4. The molecule has 3 rings (SSSR count). The summed E-state index contributed by atoms with van der Waals surface area (Å²) < 4.78 is 5.85. The zero-order chi connectivity index (χ0) is 17.3. The number of carbonyl (C=O) groups is 1. The summed E-state index contributed by atoms with van der Waals surface area (Å²) in [5.41, 5.74) is 7.50. The van der Waals surface area contributed by atoms with Crippen LogP contribution in [0, 0.1) is 5.92 Å². The molecule has 0 saturated heterocycles. The van der Waals surface area contributed by atoms with Gasteiger partial charge in [-0.3, -0.25) is 9.78 Å². The number of amides is 1. The van der Waals surface area contributed by atoms with E-state index in [0.29, 0.717) is 32.4 Å². The lowest BCUT2D eigenvalue weighted by molar-refractivity contribution is 0.0931. The van der Waals surface area contributed by atoms with Crippen LogP contribution < -0.4 is 15.8 Å². The molecule has 1 atom stereocenters. The zero-order valence-electron chi connectivity index (χ0n) is 13.1. The van der Waals surface area contributed by atoms with Crippen LogP contribution >= 0.6 is 27.5 Å². The van der Waals surface area contributed by atoms with Crippen LogP contribution in [0.2, 0.25) is 5.02 Å². The maximum absolute atomic E-state index is 12.7. The van der Waals surface area contributed by atoms with Crippen LogP contribution in [0.5, 0.6) is 5.75 Å². The fourth-order valence-corrected chi connectivity index (χ4v) is 3.39. The average Bonchev–Trinajstić information content (AvgIpc) is 3.40. The summed E-state index contributed by atoms with van der Waals surface area (Å²) in [6.45, 7) is 0. The van der Waals surface area contributed by atoms with Crippen molar-refractivity contribution < 1.29 is 9.53 Å². The van der Waals surface area contributed by atoms with Crippen molar-refractivity contribution in [3.63, 3.8) is 0 Å². The van der Waals surface area contributed by atoms with E-state index in [4.69, 9.17) is 22.1 Å². The van der Waals surface area contributed by atoms with E-state index in [-0.39, 0.29) is 11.9 Å². The number of halogens is 2. The van der Waals surface area contributed by atoms with Crippen LogP contribution in [0.4, 0.5) is 5.69 Å². The standard InChI is InChI=1S/C17H17BrClN3O2/c1-24-11-4-5-21-14(8-11)16(9-2-3-9)22-17(23)12-6-10(19)7-13(18)15(12)20/h4-9,16H,2-3,20H2,1H3,(H,22,23)/t16-/m0/s1. The van der Waals surface area contributed by atoms with Gasteiger partial charge in [0.2, 0.25) is 0 Å². The monoisotopic (exact) mass is 409 g/mol. The molecule has 1 fully saturated rings. The van der Waals surface area contributed by atoms with Crippen molar-refractivity contribution in [1.82, 2.24) is 10.3 Å². The Bertz CT molecular complexity index is 780. The summed E-state index contributed by atoms with van der Waals surface area (Å²) in [5.74, 6) is 0.819. The number of nitrogens with zero attached hydrogens (tertiary/aromatic N) is 1. The van der Waals surface area contributed by atoms with E-state index in [1.807, 2.05) is 6.07 Å². The van der Waals surface area contributed by atoms with Crippen molar-refractivity contribution in [3.05, 3.63) is 51.2 Å². The summed E-state index contributed by atoms with van der Waals surface area (Å²) in [5, 5.41) is 3.49. The summed E-state index contributed by atoms with van der Waals surface area (Å²) in [6.07, 6.45) is 3.79. The van der Waals surface area contributed by atoms with E-state index >= 15 is 0 Å². The molecule has 1 amide bonds. The van der Waals surface area contributed by atoms with Crippen LogP contribution in [0.1, 0.15) is 34.9 Å². The van der Waals surface area contributed by atoms with Gasteiger partial charge >= 0.3 is 0 Å². The Morgan fingerprint density at radius 2 is 2.21 bits per heavy atom. The first kappa shape index (κ1) is 17.0. The Labute approximate surface area is 153 Å². The molecule has 0 aliphatic heterocycles. The lowest BCUT2D eigenvalue weighted by atomic mass is 10.1. The van der Waals surface area contributed by atoms with E-state index in [1.165, 1.54) is 0 Å². The normalized spacial score (nSPS) is 15.0. The quantitative estimate of drug-likeness (QED) is 0.731. The number of nitrogen functional groups attached to an aromatic ring is 1. The van der Waals surface area contributed by atoms with Gasteiger partial charge in [0.15, 0.2) is 0 Å². The van der Waals surface area contributed by atoms with Crippen LogP contribution in [-0.4, -0.2) is 18.0 Å². The van der Waals surface area contributed by atoms with Gasteiger partial charge in [0.25, 0.3) is 5.91 Å². The number of rotatable bonds is 5. The predicted octanol–water partition coefficient (Wildman–Crippen LogP) is 3.97. The second-order valence-corrected chi connectivity index (χ2v) is 7.05. The minimum Gasteiger partial charge on any atom is -0.497 e. The maximum Gasteiger partial charge on any atom is 0.254 e. The minimum atomic E-state index is -0.266. The summed E-state index contributed by atoms with van der Waals surface area (Å²) >= 11 is 9.36. The summed E-state index contributed by atoms with van der Waals surface area (Å²) in [7, 11) is 1.61. The van der Waals surface area contributed by atoms with Gasteiger partial charge in [-0.05, 0) is 52.9 Å². The molecule has 1 saturated carbocycles. The van der Waals surface area contributed by atoms with Crippen molar-refractivity contribution in [2.45, 2.75) is 18.9 Å². The van der Waals surface area contributed by atoms with Gasteiger partial charge in [-0.1, -0.05) is 11.6 Å². The van der Waals surface area contributed by atoms with Crippen LogP contribution in [-0.2, 0) is 0 Å². The lowest BCUT2D eigenvalue weighted by Crippen LogP contribution is -2.31. The predicted molar refractivity (Wildman–Crippen MR) is 97.3 cm³/mol. The number of hydrogen-bond donors (Lipinski definition) is 2. The summed E-state index contributed by atoms with van der Waals surface area (Å²) in [6, 6.07) is 6.68. The number of carbonyl (C=O) groups excluding carboxylic acids is 1. The van der Waals surface area contributed by atoms with Crippen molar-refractivity contribution in [3.8, 4) is 5.75 Å². The van der Waals surface area contributed by atoms with Crippen molar-refractivity contribution in [2.24, 2.45) is 5.92 Å². The molecular formula is C17H17BrClN3O2. The molecule has 126 valence electrons. The first-order chi connectivity index (χ1) is 11.5. The smallest absolute Gasteiger partial charge is 0.254 e. The molecule has 7 heteroatoms. The van der Waals surface area contributed by atoms with E-state index in [1.54, 1.807) is 31.5 Å². The number of nitrogens with two attached hydrogens (primary N) is 1. The average molecular weight is 411 g/mol. The number of anilines is 1. The van der Waals surface area contributed by atoms with Crippen LogP contribution in [0.25, 0.3) is 0 Å². The molecule has 1 heterocycles. The van der Waals surface area contributed by atoms with Crippen molar-refractivity contribution >= 4 is 39.1 Å². The number of methoxy groups -OCH3 is 1. The van der Waals surface area contributed by atoms with Crippen molar-refractivity contribution in [2.75, 3.05) is 12.8 Å². The summed E-state index contributed by atoms with van der Waals surface area (Å²) in [4.78, 5) is 17.1. The van der Waals surface area contributed by atoms with Gasteiger partial charge in [0.1, 0.15) is 5.75 Å². The Kier molecular flexibility index (Phi) is 4.96. The third-order valence-corrected chi connectivity index (χ3v) is 4.90. The Morgan fingerprint density at radius 1 is 1.46 bits per heavy atom. The molecule has 24 heavy (non-hydrogen) atoms. The lowest BCUT2D eigenvalue weighted by Gasteiger charge is -2.19. The molecule has 2 aromatic rings. The zero-order valence-corrected chi connectivity index (χ0v) is 15.4. The molecule has 1 aliphatic carbocycles. The molecule has 0 radical (unpaired) electrons. The first-order valence-electron chi connectivity index (χ1n) is 7.55. The van der Waals surface area contributed by atoms with Crippen LogP contribution in [0.15, 0.2) is 34.9 Å². The SMILES string of the molecule is COc1ccnc([C@@H](NC(=O)c2cc(Cl)cc(Br)c2N)C2CC2)c1. The molecule has 3 N–H and O–H groups in total. The van der Waals surface area contributed by atoms with Gasteiger partial charge in [0.05, 0.1) is 30.1 Å². The molecule has 1 aliphatic rings. The van der Waals surface area contributed by atoms with E-state index < -0.39 is 0 Å². The first-order valence-corrected chi connectivity index (χ1v) is 8.72. The third kappa shape index (κ3) is 3.65. The highest BCUT2D eigenvalue weighted by Crippen LogP contribution is 2.41. The number of ether oxygens (including phenoxy) is 1. The highest BCUT2D eigenvalue weighted by atomic mass is 79.9. The largest absolute Gasteiger partial charge is 0.497 e. The van der Waals surface area contributed by atoms with E-state index in [2.05, 4.69) is 26.2 Å². The molecule has 0 unspecified atom stereocenters. The minimum absolute atomic E-state index is 0.176. The van der Waals surface area contributed by atoms with Gasteiger partial charge in [-0.15, -0.1) is 0 Å². The second kappa shape index (κ2) is 6.99. The number of benzene rings is 1. The van der Waals surface area contributed by atoms with E-state index in [0.717, 1.165) is 18.5 Å². The second-order valence-electron chi connectivity index (χ2n) is 5.76. The molecular weight excluding hydrogens is 394 g/mol. The highest BCUT2D eigenvalue weighted by molar-refractivity contribution is 9.10.